The van der Waals surface area contributed by atoms with Gasteiger partial charge in [0, 0.05) is 23.4 Å². The van der Waals surface area contributed by atoms with E-state index in [1.54, 1.807) is 11.3 Å². The van der Waals surface area contributed by atoms with Gasteiger partial charge in [-0.1, -0.05) is 17.7 Å². The van der Waals surface area contributed by atoms with Crippen LogP contribution in [-0.4, -0.2) is 22.6 Å². The van der Waals surface area contributed by atoms with Crippen molar-refractivity contribution in [2.75, 3.05) is 6.61 Å². The van der Waals surface area contributed by atoms with Crippen LogP contribution in [0.15, 0.2) is 29.6 Å². The van der Waals surface area contributed by atoms with Gasteiger partial charge in [-0.15, -0.1) is 11.3 Å². The summed E-state index contributed by atoms with van der Waals surface area (Å²) in [6.07, 6.45) is 0.601. The molecule has 0 aliphatic heterocycles. The van der Waals surface area contributed by atoms with Gasteiger partial charge < -0.3 is 9.84 Å². The number of benzene rings is 1. The highest BCUT2D eigenvalue weighted by Crippen LogP contribution is 2.33. The van der Waals surface area contributed by atoms with Crippen molar-refractivity contribution < 1.29 is 19.6 Å². The molecule has 0 radical (unpaired) electrons. The number of nitrogens with zero attached hydrogens (tertiary/aromatic N) is 1. The molecule has 0 saturated carbocycles. The van der Waals surface area contributed by atoms with Crippen LogP contribution in [0.1, 0.15) is 15.2 Å². The molecule has 21 heavy (non-hydrogen) atoms. The molecule has 1 heterocycles. The van der Waals surface area contributed by atoms with Gasteiger partial charge in [0.1, 0.15) is 5.56 Å². The van der Waals surface area contributed by atoms with E-state index in [1.165, 1.54) is 0 Å². The molecule has 0 spiro atoms. The molecule has 2 rings (SSSR count). The molecule has 8 heteroatoms. The van der Waals surface area contributed by atoms with E-state index in [9.17, 15) is 14.9 Å². The quantitative estimate of drug-likeness (QED) is 0.646. The van der Waals surface area contributed by atoms with Crippen molar-refractivity contribution in [3.05, 3.63) is 55.2 Å². The topological polar surface area (TPSA) is 89.7 Å². The molecular formula is C13H10ClNO5S. The van der Waals surface area contributed by atoms with Crippen LogP contribution in [-0.2, 0) is 6.42 Å². The predicted octanol–water partition coefficient (Wildman–Crippen LogP) is 3.63. The Balaban J connectivity index is 2.21. The normalized spacial score (nSPS) is 10.3. The number of carboxylic acid groups (broad SMARTS) is 1. The summed E-state index contributed by atoms with van der Waals surface area (Å²) in [5, 5.41) is 21.7. The summed E-state index contributed by atoms with van der Waals surface area (Å²) in [6, 6.07) is 5.86. The molecule has 0 atom stereocenters. The molecule has 110 valence electrons. The molecule has 0 saturated heterocycles. The van der Waals surface area contributed by atoms with E-state index in [1.807, 2.05) is 17.5 Å². The monoisotopic (exact) mass is 327 g/mol. The average Bonchev–Trinajstić information content (AvgIpc) is 2.92. The Hall–Kier alpha value is -2.12. The first kappa shape index (κ1) is 15.3. The molecule has 2 aromatic rings. The number of ether oxygens (including phenoxy) is 1. The fraction of sp³-hybridized carbons (Fsp3) is 0.154. The van der Waals surface area contributed by atoms with E-state index >= 15 is 0 Å². The van der Waals surface area contributed by atoms with Gasteiger partial charge in [0.05, 0.1) is 16.6 Å². The highest BCUT2D eigenvalue weighted by Gasteiger charge is 2.21. The van der Waals surface area contributed by atoms with Crippen LogP contribution in [0.4, 0.5) is 5.69 Å². The maximum atomic E-state index is 11.2. The number of hydrogen-bond acceptors (Lipinski definition) is 5. The number of hydrogen-bond donors (Lipinski definition) is 1. The largest absolute Gasteiger partial charge is 0.491 e. The summed E-state index contributed by atoms with van der Waals surface area (Å²) in [5.41, 5.74) is -0.705. The Bertz CT molecular complexity index is 671. The number of thiophene rings is 1. The van der Waals surface area contributed by atoms with Crippen LogP contribution in [0, 0.1) is 10.1 Å². The lowest BCUT2D eigenvalue weighted by atomic mass is 10.2. The summed E-state index contributed by atoms with van der Waals surface area (Å²) in [6.45, 7) is 0.234. The molecule has 0 fully saturated rings. The van der Waals surface area contributed by atoms with Gasteiger partial charge in [-0.3, -0.25) is 10.1 Å². The van der Waals surface area contributed by atoms with Gasteiger partial charge in [0.15, 0.2) is 5.75 Å². The first-order chi connectivity index (χ1) is 9.99. The Kier molecular flexibility index (Phi) is 4.77. The number of rotatable bonds is 6. The maximum absolute atomic E-state index is 11.2. The molecule has 1 aromatic carbocycles. The summed E-state index contributed by atoms with van der Waals surface area (Å²) < 4.78 is 5.41. The number of non-ortho nitro benzene ring substituents is 1. The summed E-state index contributed by atoms with van der Waals surface area (Å²) in [7, 11) is 0. The third-order valence-corrected chi connectivity index (χ3v) is 3.86. The SMILES string of the molecule is O=C(O)c1cc([N+](=O)[O-])cc(Cl)c1OCCc1cccs1. The molecule has 1 N–H and O–H groups in total. The highest BCUT2D eigenvalue weighted by molar-refractivity contribution is 7.09. The number of carbonyl (C=O) groups is 1. The van der Waals surface area contributed by atoms with Crippen molar-refractivity contribution >= 4 is 34.6 Å². The minimum Gasteiger partial charge on any atom is -0.491 e. The molecule has 6 nitrogen and oxygen atoms in total. The second-order valence-electron chi connectivity index (χ2n) is 4.04. The van der Waals surface area contributed by atoms with Gasteiger partial charge in [0.2, 0.25) is 0 Å². The summed E-state index contributed by atoms with van der Waals surface area (Å²) >= 11 is 7.45. The first-order valence-corrected chi connectivity index (χ1v) is 7.11. The standard InChI is InChI=1S/C13H10ClNO5S/c14-11-7-8(15(18)19)6-10(13(16)17)12(11)20-4-3-9-2-1-5-21-9/h1-2,5-7H,3-4H2,(H,16,17). The van der Waals surface area contributed by atoms with Crippen LogP contribution in [0.3, 0.4) is 0 Å². The van der Waals surface area contributed by atoms with Gasteiger partial charge >= 0.3 is 5.97 Å². The number of carboxylic acids is 1. The summed E-state index contributed by atoms with van der Waals surface area (Å²) in [4.78, 5) is 22.3. The zero-order chi connectivity index (χ0) is 15.4. The van der Waals surface area contributed by atoms with Crippen molar-refractivity contribution in [1.82, 2.24) is 0 Å². The minimum absolute atomic E-state index is 0.0497. The molecule has 0 bridgehead atoms. The number of nitro groups is 1. The average molecular weight is 328 g/mol. The molecule has 0 amide bonds. The first-order valence-electron chi connectivity index (χ1n) is 5.85. The van der Waals surface area contributed by atoms with E-state index in [-0.39, 0.29) is 28.6 Å². The summed E-state index contributed by atoms with van der Waals surface area (Å²) in [5.74, 6) is -1.38. The van der Waals surface area contributed by atoms with Gasteiger partial charge in [-0.25, -0.2) is 4.79 Å². The van der Waals surface area contributed by atoms with Crippen molar-refractivity contribution in [3.8, 4) is 5.75 Å². The lowest BCUT2D eigenvalue weighted by Gasteiger charge is -2.10. The highest BCUT2D eigenvalue weighted by atomic mass is 35.5. The number of aromatic carboxylic acids is 1. The number of halogens is 1. The van der Waals surface area contributed by atoms with Crippen LogP contribution in [0.5, 0.6) is 5.75 Å². The number of nitro benzene ring substituents is 1. The molecular weight excluding hydrogens is 318 g/mol. The fourth-order valence-electron chi connectivity index (χ4n) is 1.70. The Labute approximate surface area is 128 Å². The second kappa shape index (κ2) is 6.55. The lowest BCUT2D eigenvalue weighted by Crippen LogP contribution is -2.07. The van der Waals surface area contributed by atoms with E-state index in [0.717, 1.165) is 17.0 Å². The third kappa shape index (κ3) is 3.71. The molecule has 0 unspecified atom stereocenters. The van der Waals surface area contributed by atoms with Crippen molar-refractivity contribution in [1.29, 1.82) is 0 Å². The predicted molar refractivity (Wildman–Crippen MR) is 78.6 cm³/mol. The van der Waals surface area contributed by atoms with E-state index in [2.05, 4.69) is 0 Å². The van der Waals surface area contributed by atoms with Gasteiger partial charge in [0.25, 0.3) is 5.69 Å². The van der Waals surface area contributed by atoms with Gasteiger partial charge in [-0.2, -0.15) is 0 Å². The molecule has 0 aliphatic rings. The lowest BCUT2D eigenvalue weighted by molar-refractivity contribution is -0.384. The smallest absolute Gasteiger partial charge is 0.339 e. The maximum Gasteiger partial charge on any atom is 0.339 e. The van der Waals surface area contributed by atoms with Crippen molar-refractivity contribution in [3.63, 3.8) is 0 Å². The second-order valence-corrected chi connectivity index (χ2v) is 5.48. The molecule has 1 aromatic heterocycles. The third-order valence-electron chi connectivity index (χ3n) is 2.64. The molecule has 0 aliphatic carbocycles. The van der Waals surface area contributed by atoms with E-state index in [4.69, 9.17) is 21.4 Å². The Morgan fingerprint density at radius 2 is 2.24 bits per heavy atom. The van der Waals surface area contributed by atoms with Crippen LogP contribution >= 0.6 is 22.9 Å². The van der Waals surface area contributed by atoms with Crippen molar-refractivity contribution in [2.24, 2.45) is 0 Å². The van der Waals surface area contributed by atoms with Crippen LogP contribution in [0.2, 0.25) is 5.02 Å². The zero-order valence-corrected chi connectivity index (χ0v) is 12.2. The van der Waals surface area contributed by atoms with E-state index < -0.39 is 10.9 Å². The van der Waals surface area contributed by atoms with Crippen molar-refractivity contribution in [2.45, 2.75) is 6.42 Å². The Morgan fingerprint density at radius 1 is 1.48 bits per heavy atom. The van der Waals surface area contributed by atoms with E-state index in [0.29, 0.717) is 6.42 Å². The van der Waals surface area contributed by atoms with Gasteiger partial charge in [-0.05, 0) is 11.4 Å². The van der Waals surface area contributed by atoms with Crippen LogP contribution < -0.4 is 4.74 Å². The minimum atomic E-state index is -1.33. The van der Waals surface area contributed by atoms with Crippen LogP contribution in [0.25, 0.3) is 0 Å². The fourth-order valence-corrected chi connectivity index (χ4v) is 2.66. The Morgan fingerprint density at radius 3 is 2.81 bits per heavy atom. The zero-order valence-electron chi connectivity index (χ0n) is 10.6.